The third kappa shape index (κ3) is 5.81. The number of fused-ring (bicyclic) bond motifs is 1. The molecule has 0 amide bonds. The summed E-state index contributed by atoms with van der Waals surface area (Å²) in [6.07, 6.45) is 8.49. The number of nitrogens with one attached hydrogen (secondary N) is 3. The van der Waals surface area contributed by atoms with Crippen LogP contribution < -0.4 is 11.1 Å². The summed E-state index contributed by atoms with van der Waals surface area (Å²) in [6.45, 7) is 6.17. The maximum Gasteiger partial charge on any atom is 0.261 e. The van der Waals surface area contributed by atoms with Gasteiger partial charge in [-0.2, -0.15) is 0 Å². The second-order valence-electron chi connectivity index (χ2n) is 9.59. The van der Waals surface area contributed by atoms with Crippen LogP contribution in [0.1, 0.15) is 30.2 Å². The average Bonchev–Trinajstić information content (AvgIpc) is 3.66. The Bertz CT molecular complexity index is 1580. The van der Waals surface area contributed by atoms with Gasteiger partial charge in [-0.05, 0) is 48.3 Å². The highest BCUT2D eigenvalue weighted by molar-refractivity contribution is 7.13. The van der Waals surface area contributed by atoms with Crippen molar-refractivity contribution in [2.24, 2.45) is 0 Å². The highest BCUT2D eigenvalue weighted by Gasteiger charge is 2.37. The standard InChI is InChI=1S/C29H29F2N7S/c1-3-34-14-19(11-18(2)16-38-9-7-29(30,31)17-38)20-12-23(27(33)36-15-20)26(32)24-13-22-21(25-5-4-10-39-25)6-8-35-28(22)37-24/h3-6,8,10-15,32,34H,1,7,9,16-17H2,2H3,(H2,33,36)(H,35,37)/b18-11+,19-14+,32-26?. The Hall–Kier alpha value is -4.15. The second kappa shape index (κ2) is 10.9. The van der Waals surface area contributed by atoms with Crippen LogP contribution in [0.3, 0.4) is 0 Å². The van der Waals surface area contributed by atoms with Gasteiger partial charge in [0.2, 0.25) is 0 Å². The van der Waals surface area contributed by atoms with E-state index in [1.165, 1.54) is 0 Å². The van der Waals surface area contributed by atoms with Gasteiger partial charge in [0.1, 0.15) is 11.5 Å². The van der Waals surface area contributed by atoms with E-state index >= 15 is 0 Å². The molecule has 0 spiro atoms. The predicted molar refractivity (Wildman–Crippen MR) is 155 cm³/mol. The summed E-state index contributed by atoms with van der Waals surface area (Å²) in [4.78, 5) is 14.9. The number of alkyl halides is 2. The van der Waals surface area contributed by atoms with Crippen LogP contribution in [-0.2, 0) is 0 Å². The van der Waals surface area contributed by atoms with E-state index in [4.69, 9.17) is 11.1 Å². The minimum absolute atomic E-state index is 0.119. The Balaban J connectivity index is 1.46. The number of aromatic nitrogens is 3. The van der Waals surface area contributed by atoms with Crippen molar-refractivity contribution in [2.45, 2.75) is 19.3 Å². The largest absolute Gasteiger partial charge is 0.383 e. The molecule has 200 valence electrons. The molecule has 0 atom stereocenters. The molecule has 1 fully saturated rings. The number of H-pyrrole nitrogens is 1. The zero-order chi connectivity index (χ0) is 27.6. The highest BCUT2D eigenvalue weighted by atomic mass is 32.1. The van der Waals surface area contributed by atoms with Crippen LogP contribution >= 0.6 is 11.3 Å². The molecular weight excluding hydrogens is 516 g/mol. The van der Waals surface area contributed by atoms with Crippen molar-refractivity contribution in [1.82, 2.24) is 25.2 Å². The SMILES string of the molecule is C=CN/C=C(\C=C(/C)CN1CCC(F)(F)C1)c1cnc(N)c(C(=N)c2cc3c(-c4cccs4)ccnc3[nH]2)c1. The number of allylic oxidation sites excluding steroid dienone is 2. The first kappa shape index (κ1) is 26.5. The Morgan fingerprint density at radius 1 is 1.33 bits per heavy atom. The van der Waals surface area contributed by atoms with Crippen molar-refractivity contribution >= 4 is 39.5 Å². The summed E-state index contributed by atoms with van der Waals surface area (Å²) in [5.41, 5.74) is 11.6. The first-order valence-electron chi connectivity index (χ1n) is 12.5. The maximum atomic E-state index is 13.7. The number of nitrogen functional groups attached to an aromatic ring is 1. The highest BCUT2D eigenvalue weighted by Crippen LogP contribution is 2.32. The number of rotatable bonds is 9. The van der Waals surface area contributed by atoms with Crippen LogP contribution in [-0.4, -0.2) is 51.1 Å². The lowest BCUT2D eigenvalue weighted by molar-refractivity contribution is 0.0131. The summed E-state index contributed by atoms with van der Waals surface area (Å²) >= 11 is 1.64. The van der Waals surface area contributed by atoms with E-state index in [9.17, 15) is 8.78 Å². The third-order valence-electron chi connectivity index (χ3n) is 6.59. The summed E-state index contributed by atoms with van der Waals surface area (Å²) in [7, 11) is 0. The number of nitrogens with zero attached hydrogens (tertiary/aromatic N) is 3. The Kier molecular flexibility index (Phi) is 7.40. The summed E-state index contributed by atoms with van der Waals surface area (Å²) in [5, 5.41) is 14.9. The number of halogens is 2. The van der Waals surface area contributed by atoms with Crippen molar-refractivity contribution in [3.63, 3.8) is 0 Å². The predicted octanol–water partition coefficient (Wildman–Crippen LogP) is 6.05. The Labute approximate surface area is 229 Å². The molecule has 39 heavy (non-hydrogen) atoms. The van der Waals surface area contributed by atoms with Gasteiger partial charge in [-0.25, -0.2) is 18.7 Å². The molecule has 0 saturated carbocycles. The number of thiophene rings is 1. The number of anilines is 1. The fraction of sp³-hybridized carbons (Fsp3) is 0.207. The molecule has 0 bridgehead atoms. The van der Waals surface area contributed by atoms with Gasteiger partial charge in [0, 0.05) is 65.1 Å². The molecular formula is C29H29F2N7S. The molecule has 1 aliphatic rings. The van der Waals surface area contributed by atoms with E-state index in [-0.39, 0.29) is 24.5 Å². The van der Waals surface area contributed by atoms with Crippen LogP contribution in [0.5, 0.6) is 0 Å². The number of likely N-dealkylation sites (tertiary alicyclic amines) is 1. The second-order valence-corrected chi connectivity index (χ2v) is 10.5. The van der Waals surface area contributed by atoms with Crippen molar-refractivity contribution in [2.75, 3.05) is 25.4 Å². The number of aromatic amines is 1. The zero-order valence-corrected chi connectivity index (χ0v) is 22.3. The van der Waals surface area contributed by atoms with Crippen molar-refractivity contribution in [1.29, 1.82) is 5.41 Å². The van der Waals surface area contributed by atoms with Crippen molar-refractivity contribution in [3.05, 3.63) is 95.6 Å². The Morgan fingerprint density at radius 2 is 2.18 bits per heavy atom. The molecule has 10 heteroatoms. The van der Waals surface area contributed by atoms with Gasteiger partial charge in [0.25, 0.3) is 5.92 Å². The first-order valence-corrected chi connectivity index (χ1v) is 13.3. The lowest BCUT2D eigenvalue weighted by Gasteiger charge is -2.16. The lowest BCUT2D eigenvalue weighted by atomic mass is 10.0. The molecule has 0 radical (unpaired) electrons. The van der Waals surface area contributed by atoms with Gasteiger partial charge >= 0.3 is 0 Å². The van der Waals surface area contributed by atoms with Crippen LogP contribution in [0.15, 0.2) is 78.7 Å². The van der Waals surface area contributed by atoms with Gasteiger partial charge in [-0.15, -0.1) is 11.3 Å². The van der Waals surface area contributed by atoms with E-state index in [1.807, 2.05) is 42.6 Å². The van der Waals surface area contributed by atoms with E-state index in [2.05, 4.69) is 32.9 Å². The fourth-order valence-corrected chi connectivity index (χ4v) is 5.52. The number of hydrogen-bond donors (Lipinski definition) is 4. The number of nitrogens with two attached hydrogens (primary N) is 1. The molecule has 5 N–H and O–H groups in total. The minimum atomic E-state index is -2.64. The molecule has 4 aromatic heterocycles. The first-order chi connectivity index (χ1) is 18.7. The molecule has 7 nitrogen and oxygen atoms in total. The topological polar surface area (TPSA) is 107 Å². The summed E-state index contributed by atoms with van der Waals surface area (Å²) in [5.74, 6) is -2.41. The van der Waals surface area contributed by atoms with E-state index in [0.29, 0.717) is 30.0 Å². The monoisotopic (exact) mass is 545 g/mol. The maximum absolute atomic E-state index is 13.7. The van der Waals surface area contributed by atoms with Gasteiger partial charge in [-0.3, -0.25) is 10.3 Å². The molecule has 0 aromatic carbocycles. The lowest BCUT2D eigenvalue weighted by Crippen LogP contribution is -2.26. The summed E-state index contributed by atoms with van der Waals surface area (Å²) < 4.78 is 27.3. The molecule has 1 aliphatic heterocycles. The molecule has 0 aliphatic carbocycles. The van der Waals surface area contributed by atoms with E-state index in [1.54, 1.807) is 41.0 Å². The van der Waals surface area contributed by atoms with Gasteiger partial charge in [0.15, 0.2) is 0 Å². The van der Waals surface area contributed by atoms with Crippen molar-refractivity contribution in [3.8, 4) is 10.4 Å². The molecule has 1 saturated heterocycles. The van der Waals surface area contributed by atoms with Crippen LogP contribution in [0.4, 0.5) is 14.6 Å². The van der Waals surface area contributed by atoms with Gasteiger partial charge < -0.3 is 16.0 Å². The minimum Gasteiger partial charge on any atom is -0.383 e. The van der Waals surface area contributed by atoms with E-state index < -0.39 is 5.92 Å². The molecule has 5 heterocycles. The van der Waals surface area contributed by atoms with Crippen LogP contribution in [0, 0.1) is 5.41 Å². The van der Waals surface area contributed by atoms with Gasteiger partial charge in [0.05, 0.1) is 18.0 Å². The number of pyridine rings is 2. The fourth-order valence-electron chi connectivity index (χ4n) is 4.75. The summed E-state index contributed by atoms with van der Waals surface area (Å²) in [6, 6.07) is 9.75. The molecule has 4 aromatic rings. The van der Waals surface area contributed by atoms with Gasteiger partial charge in [-0.1, -0.05) is 24.3 Å². The smallest absolute Gasteiger partial charge is 0.261 e. The molecule has 5 rings (SSSR count). The number of hydrogen-bond acceptors (Lipinski definition) is 7. The normalized spacial score (nSPS) is 16.1. The quantitative estimate of drug-likeness (QED) is 0.151. The molecule has 0 unspecified atom stereocenters. The third-order valence-corrected chi connectivity index (χ3v) is 7.49. The van der Waals surface area contributed by atoms with Crippen molar-refractivity contribution < 1.29 is 8.78 Å². The zero-order valence-electron chi connectivity index (χ0n) is 21.5. The Morgan fingerprint density at radius 3 is 2.90 bits per heavy atom. The van der Waals surface area contributed by atoms with Crippen LogP contribution in [0.25, 0.3) is 27.0 Å². The van der Waals surface area contributed by atoms with Crippen LogP contribution in [0.2, 0.25) is 0 Å². The average molecular weight is 546 g/mol. The van der Waals surface area contributed by atoms with E-state index in [0.717, 1.165) is 32.5 Å².